The summed E-state index contributed by atoms with van der Waals surface area (Å²) in [4.78, 5) is 16.0. The highest BCUT2D eigenvalue weighted by Crippen LogP contribution is 2.30. The molecule has 0 aliphatic heterocycles. The van der Waals surface area contributed by atoms with Gasteiger partial charge >= 0.3 is 12.1 Å². The lowest BCUT2D eigenvalue weighted by molar-refractivity contribution is -0.137. The highest BCUT2D eigenvalue weighted by Gasteiger charge is 2.30. The Hall–Kier alpha value is -3.23. The van der Waals surface area contributed by atoms with Crippen molar-refractivity contribution in [3.05, 3.63) is 70.9 Å². The van der Waals surface area contributed by atoms with Gasteiger partial charge in [0.2, 0.25) is 5.82 Å². The van der Waals surface area contributed by atoms with Crippen LogP contribution in [0.3, 0.4) is 0 Å². The molecule has 9 heteroatoms. The first-order chi connectivity index (χ1) is 12.7. The molecule has 27 heavy (non-hydrogen) atoms. The Morgan fingerprint density at radius 2 is 1.85 bits per heavy atom. The van der Waals surface area contributed by atoms with Gasteiger partial charge < -0.3 is 9.26 Å². The van der Waals surface area contributed by atoms with Crippen LogP contribution in [0.5, 0.6) is 0 Å². The van der Waals surface area contributed by atoms with Gasteiger partial charge in [-0.25, -0.2) is 9.18 Å². The normalized spacial score (nSPS) is 11.4. The SMILES string of the molecule is Cc1ccc(F)cc1C(=O)OCc1nc(-c2ccc(C(F)(F)F)cc2)no1. The van der Waals surface area contributed by atoms with E-state index in [4.69, 9.17) is 9.26 Å². The molecule has 1 heterocycles. The molecule has 0 radical (unpaired) electrons. The number of hydrogen-bond acceptors (Lipinski definition) is 5. The van der Waals surface area contributed by atoms with Crippen LogP contribution in [0.25, 0.3) is 11.4 Å². The maximum absolute atomic E-state index is 13.2. The van der Waals surface area contributed by atoms with Crippen LogP contribution in [0.1, 0.15) is 27.4 Å². The lowest BCUT2D eigenvalue weighted by Crippen LogP contribution is -2.07. The Balaban J connectivity index is 1.67. The summed E-state index contributed by atoms with van der Waals surface area (Å²) in [5.41, 5.74) is 0.120. The topological polar surface area (TPSA) is 65.2 Å². The molecular formula is C18H12F4N2O3. The van der Waals surface area contributed by atoms with Crippen molar-refractivity contribution in [2.24, 2.45) is 0 Å². The molecule has 0 unspecified atom stereocenters. The van der Waals surface area contributed by atoms with E-state index in [1.54, 1.807) is 6.92 Å². The summed E-state index contributed by atoms with van der Waals surface area (Å²) in [5.74, 6) is -1.33. The first-order valence-corrected chi connectivity index (χ1v) is 7.67. The van der Waals surface area contributed by atoms with Crippen molar-refractivity contribution in [1.29, 1.82) is 0 Å². The second-order valence-corrected chi connectivity index (χ2v) is 5.62. The third-order valence-corrected chi connectivity index (χ3v) is 3.68. The molecule has 3 rings (SSSR count). The van der Waals surface area contributed by atoms with E-state index in [0.717, 1.165) is 18.2 Å². The van der Waals surface area contributed by atoms with Crippen LogP contribution in [0.15, 0.2) is 47.0 Å². The number of aryl methyl sites for hydroxylation is 1. The van der Waals surface area contributed by atoms with Crippen molar-refractivity contribution in [3.8, 4) is 11.4 Å². The summed E-state index contributed by atoms with van der Waals surface area (Å²) in [5, 5.41) is 3.64. The van der Waals surface area contributed by atoms with Gasteiger partial charge in [-0.1, -0.05) is 23.4 Å². The van der Waals surface area contributed by atoms with Crippen LogP contribution >= 0.6 is 0 Å². The van der Waals surface area contributed by atoms with Gasteiger partial charge in [0.1, 0.15) is 5.82 Å². The average Bonchev–Trinajstić information content (AvgIpc) is 3.10. The number of benzene rings is 2. The Labute approximate surface area is 150 Å². The van der Waals surface area contributed by atoms with Crippen LogP contribution in [0, 0.1) is 12.7 Å². The number of alkyl halides is 3. The number of rotatable bonds is 4. The van der Waals surface area contributed by atoms with E-state index in [9.17, 15) is 22.4 Å². The largest absolute Gasteiger partial charge is 0.452 e. The summed E-state index contributed by atoms with van der Waals surface area (Å²) in [6.07, 6.45) is -4.44. The van der Waals surface area contributed by atoms with Gasteiger partial charge in [-0.3, -0.25) is 0 Å². The number of nitrogens with zero attached hydrogens (tertiary/aromatic N) is 2. The third kappa shape index (κ3) is 4.30. The number of esters is 1. The molecule has 0 fully saturated rings. The van der Waals surface area contributed by atoms with E-state index in [1.165, 1.54) is 24.3 Å². The molecule has 0 spiro atoms. The summed E-state index contributed by atoms with van der Waals surface area (Å²) in [6, 6.07) is 7.94. The van der Waals surface area contributed by atoms with E-state index in [-0.39, 0.29) is 23.9 Å². The summed E-state index contributed by atoms with van der Waals surface area (Å²) in [6.45, 7) is 1.27. The van der Waals surface area contributed by atoms with Gasteiger partial charge in [0.25, 0.3) is 5.89 Å². The second-order valence-electron chi connectivity index (χ2n) is 5.62. The lowest BCUT2D eigenvalue weighted by atomic mass is 10.1. The molecule has 0 aliphatic carbocycles. The van der Waals surface area contributed by atoms with E-state index in [0.29, 0.717) is 11.1 Å². The summed E-state index contributed by atoms with van der Waals surface area (Å²) < 4.78 is 60.9. The van der Waals surface area contributed by atoms with E-state index >= 15 is 0 Å². The van der Waals surface area contributed by atoms with Crippen molar-refractivity contribution in [2.75, 3.05) is 0 Å². The lowest BCUT2D eigenvalue weighted by Gasteiger charge is -2.06. The predicted molar refractivity (Wildman–Crippen MR) is 85.0 cm³/mol. The number of carbonyl (C=O) groups is 1. The summed E-state index contributed by atoms with van der Waals surface area (Å²) in [7, 11) is 0. The van der Waals surface area contributed by atoms with Crippen LogP contribution in [0.4, 0.5) is 17.6 Å². The number of aromatic nitrogens is 2. The number of carbonyl (C=O) groups excluding carboxylic acids is 1. The molecule has 0 saturated heterocycles. The van der Waals surface area contributed by atoms with Crippen molar-refractivity contribution in [3.63, 3.8) is 0 Å². The van der Waals surface area contributed by atoms with Crippen molar-refractivity contribution in [2.45, 2.75) is 19.7 Å². The number of halogens is 4. The van der Waals surface area contributed by atoms with Gasteiger partial charge in [-0.05, 0) is 36.8 Å². The van der Waals surface area contributed by atoms with Crippen molar-refractivity contribution < 1.29 is 31.6 Å². The minimum Gasteiger partial charge on any atom is -0.452 e. The molecule has 0 bridgehead atoms. The number of hydrogen-bond donors (Lipinski definition) is 0. The summed E-state index contributed by atoms with van der Waals surface area (Å²) >= 11 is 0. The first kappa shape index (κ1) is 18.6. The zero-order valence-electron chi connectivity index (χ0n) is 13.9. The average molecular weight is 380 g/mol. The van der Waals surface area contributed by atoms with E-state index in [1.807, 2.05) is 0 Å². The monoisotopic (exact) mass is 380 g/mol. The van der Waals surface area contributed by atoms with Crippen LogP contribution in [-0.4, -0.2) is 16.1 Å². The van der Waals surface area contributed by atoms with Gasteiger partial charge in [0, 0.05) is 5.56 Å². The van der Waals surface area contributed by atoms with Gasteiger partial charge in [-0.2, -0.15) is 18.2 Å². The van der Waals surface area contributed by atoms with Gasteiger partial charge in [0.15, 0.2) is 6.61 Å². The molecule has 0 saturated carbocycles. The van der Waals surface area contributed by atoms with E-state index < -0.39 is 23.5 Å². The molecule has 0 atom stereocenters. The molecule has 1 aromatic heterocycles. The third-order valence-electron chi connectivity index (χ3n) is 3.68. The van der Waals surface area contributed by atoms with Gasteiger partial charge in [-0.15, -0.1) is 0 Å². The van der Waals surface area contributed by atoms with Gasteiger partial charge in [0.05, 0.1) is 11.1 Å². The number of ether oxygens (including phenoxy) is 1. The maximum Gasteiger partial charge on any atom is 0.416 e. The smallest absolute Gasteiger partial charge is 0.416 e. The minimum absolute atomic E-state index is 0.0488. The Bertz CT molecular complexity index is 965. The molecule has 5 nitrogen and oxygen atoms in total. The van der Waals surface area contributed by atoms with Crippen molar-refractivity contribution >= 4 is 5.97 Å². The standard InChI is InChI=1S/C18H12F4N2O3/c1-10-2-7-13(19)8-14(10)17(25)26-9-15-23-16(24-27-15)11-3-5-12(6-4-11)18(20,21)22/h2-8H,9H2,1H3. The highest BCUT2D eigenvalue weighted by atomic mass is 19.4. The molecular weight excluding hydrogens is 368 g/mol. The zero-order valence-corrected chi connectivity index (χ0v) is 13.9. The molecule has 2 aromatic carbocycles. The second kappa shape index (κ2) is 7.18. The molecule has 0 N–H and O–H groups in total. The highest BCUT2D eigenvalue weighted by molar-refractivity contribution is 5.90. The molecule has 0 aliphatic rings. The van der Waals surface area contributed by atoms with Crippen molar-refractivity contribution in [1.82, 2.24) is 10.1 Å². The fraction of sp³-hybridized carbons (Fsp3) is 0.167. The Morgan fingerprint density at radius 1 is 1.15 bits per heavy atom. The van der Waals surface area contributed by atoms with Crippen LogP contribution in [-0.2, 0) is 17.5 Å². The molecule has 3 aromatic rings. The first-order valence-electron chi connectivity index (χ1n) is 7.67. The van der Waals surface area contributed by atoms with E-state index in [2.05, 4.69) is 10.1 Å². The minimum atomic E-state index is -4.44. The maximum atomic E-state index is 13.2. The van der Waals surface area contributed by atoms with Crippen LogP contribution in [0.2, 0.25) is 0 Å². The molecule has 0 amide bonds. The Morgan fingerprint density at radius 3 is 2.52 bits per heavy atom. The fourth-order valence-electron chi connectivity index (χ4n) is 2.26. The molecule has 140 valence electrons. The Kier molecular flexibility index (Phi) is 4.93. The zero-order chi connectivity index (χ0) is 19.6. The quantitative estimate of drug-likeness (QED) is 0.490. The van der Waals surface area contributed by atoms with Crippen LogP contribution < -0.4 is 0 Å². The fourth-order valence-corrected chi connectivity index (χ4v) is 2.26. The predicted octanol–water partition coefficient (Wildman–Crippen LogP) is 4.56.